The third kappa shape index (κ3) is 4.62. The quantitative estimate of drug-likeness (QED) is 0.648. The van der Waals surface area contributed by atoms with Crippen LogP contribution in [0.3, 0.4) is 0 Å². The SMILES string of the molecule is CCC[C@@H](NS(=O)(=O)c1ccc(F)cc1OC)[C@H]1CN(C(=O)c2cn[nH]n2)C[C@H]1C. The van der Waals surface area contributed by atoms with Crippen LogP contribution in [0, 0.1) is 17.7 Å². The van der Waals surface area contributed by atoms with Gasteiger partial charge >= 0.3 is 0 Å². The predicted molar refractivity (Wildman–Crippen MR) is 107 cm³/mol. The topological polar surface area (TPSA) is 117 Å². The van der Waals surface area contributed by atoms with E-state index in [9.17, 15) is 17.6 Å². The molecule has 3 rings (SSSR count). The number of carbonyl (C=O) groups excluding carboxylic acids is 1. The zero-order valence-corrected chi connectivity index (χ0v) is 17.9. The summed E-state index contributed by atoms with van der Waals surface area (Å²) in [5.74, 6) is -0.879. The second-order valence-electron chi connectivity index (χ2n) is 7.52. The number of halogens is 1. The Labute approximate surface area is 175 Å². The minimum absolute atomic E-state index is 0.0555. The molecule has 3 atom stereocenters. The number of rotatable bonds is 8. The molecule has 0 bridgehead atoms. The molecule has 0 saturated carbocycles. The molecule has 0 unspecified atom stereocenters. The highest BCUT2D eigenvalue weighted by Gasteiger charge is 2.39. The maximum atomic E-state index is 13.5. The molecule has 2 N–H and O–H groups in total. The minimum Gasteiger partial charge on any atom is -0.495 e. The lowest BCUT2D eigenvalue weighted by molar-refractivity contribution is 0.0777. The van der Waals surface area contributed by atoms with Crippen LogP contribution in [0.25, 0.3) is 0 Å². The summed E-state index contributed by atoms with van der Waals surface area (Å²) in [4.78, 5) is 14.2. The van der Waals surface area contributed by atoms with Crippen molar-refractivity contribution in [3.8, 4) is 5.75 Å². The second kappa shape index (κ2) is 9.09. The number of nitrogens with one attached hydrogen (secondary N) is 2. The van der Waals surface area contributed by atoms with E-state index in [2.05, 4.69) is 20.1 Å². The van der Waals surface area contributed by atoms with Gasteiger partial charge in [0, 0.05) is 25.2 Å². The van der Waals surface area contributed by atoms with Gasteiger partial charge in [-0.2, -0.15) is 15.4 Å². The molecule has 11 heteroatoms. The molecular weight excluding hydrogens is 413 g/mol. The number of amides is 1. The average Bonchev–Trinajstić information content (AvgIpc) is 3.36. The molecule has 1 fully saturated rings. The summed E-state index contributed by atoms with van der Waals surface area (Å²) in [7, 11) is -2.66. The van der Waals surface area contributed by atoms with Crippen molar-refractivity contribution in [3.63, 3.8) is 0 Å². The second-order valence-corrected chi connectivity index (χ2v) is 9.20. The summed E-state index contributed by atoms with van der Waals surface area (Å²) >= 11 is 0. The van der Waals surface area contributed by atoms with Gasteiger partial charge in [-0.3, -0.25) is 4.79 Å². The molecule has 1 amide bonds. The van der Waals surface area contributed by atoms with Gasteiger partial charge in [0.1, 0.15) is 16.5 Å². The molecule has 2 aromatic rings. The molecule has 2 heterocycles. The lowest BCUT2D eigenvalue weighted by Gasteiger charge is -2.27. The third-order valence-electron chi connectivity index (χ3n) is 5.43. The van der Waals surface area contributed by atoms with Crippen LogP contribution in [0.2, 0.25) is 0 Å². The first-order valence-corrected chi connectivity index (χ1v) is 11.3. The fourth-order valence-corrected chi connectivity index (χ4v) is 5.42. The van der Waals surface area contributed by atoms with E-state index in [1.165, 1.54) is 19.4 Å². The lowest BCUT2D eigenvalue weighted by atomic mass is 9.88. The largest absolute Gasteiger partial charge is 0.495 e. The Morgan fingerprint density at radius 2 is 2.20 bits per heavy atom. The summed E-state index contributed by atoms with van der Waals surface area (Å²) < 4.78 is 47.4. The predicted octanol–water partition coefficient (Wildman–Crippen LogP) is 1.81. The molecule has 0 spiro atoms. The summed E-state index contributed by atoms with van der Waals surface area (Å²) in [6, 6.07) is 2.93. The Balaban J connectivity index is 1.81. The number of H-pyrrole nitrogens is 1. The number of aromatic amines is 1. The van der Waals surface area contributed by atoms with Crippen LogP contribution in [-0.4, -0.2) is 60.9 Å². The molecule has 1 aliphatic rings. The first kappa shape index (κ1) is 22.2. The van der Waals surface area contributed by atoms with E-state index in [1.807, 2.05) is 13.8 Å². The third-order valence-corrected chi connectivity index (χ3v) is 6.96. The highest BCUT2D eigenvalue weighted by Crippen LogP contribution is 2.31. The van der Waals surface area contributed by atoms with Crippen molar-refractivity contribution in [1.82, 2.24) is 25.0 Å². The van der Waals surface area contributed by atoms with Crippen molar-refractivity contribution in [2.24, 2.45) is 11.8 Å². The molecule has 1 saturated heterocycles. The molecule has 1 aromatic heterocycles. The van der Waals surface area contributed by atoms with E-state index >= 15 is 0 Å². The summed E-state index contributed by atoms with van der Waals surface area (Å²) in [5.41, 5.74) is 0.228. The summed E-state index contributed by atoms with van der Waals surface area (Å²) in [6.45, 7) is 4.87. The number of likely N-dealkylation sites (tertiary alicyclic amines) is 1. The Bertz CT molecular complexity index is 983. The number of hydrogen-bond acceptors (Lipinski definition) is 6. The fraction of sp³-hybridized carbons (Fsp3) is 0.526. The number of hydrogen-bond donors (Lipinski definition) is 2. The molecule has 1 aliphatic heterocycles. The minimum atomic E-state index is -3.96. The Morgan fingerprint density at radius 3 is 2.83 bits per heavy atom. The zero-order valence-electron chi connectivity index (χ0n) is 17.1. The number of carbonyl (C=O) groups is 1. The van der Waals surface area contributed by atoms with E-state index < -0.39 is 15.8 Å². The molecule has 30 heavy (non-hydrogen) atoms. The van der Waals surface area contributed by atoms with Gasteiger partial charge in [0.05, 0.1) is 13.3 Å². The standard InChI is InChI=1S/C19H26FN5O4S/c1-4-5-15(23-30(27,28)18-7-6-13(20)8-17(18)29-3)14-11-25(10-12(14)2)19(26)16-9-21-24-22-16/h6-9,12,14-15,23H,4-5,10-11H2,1-3H3,(H,21,22,24)/t12-,14+,15-/m1/s1. The van der Waals surface area contributed by atoms with Gasteiger partial charge in [-0.25, -0.2) is 17.5 Å². The van der Waals surface area contributed by atoms with Gasteiger partial charge in [-0.05, 0) is 30.4 Å². The number of nitrogens with zero attached hydrogens (tertiary/aromatic N) is 3. The summed E-state index contributed by atoms with van der Waals surface area (Å²) in [5, 5.41) is 9.93. The van der Waals surface area contributed by atoms with Gasteiger partial charge < -0.3 is 9.64 Å². The normalized spacial score (nSPS) is 20.3. The van der Waals surface area contributed by atoms with Gasteiger partial charge in [0.15, 0.2) is 5.69 Å². The van der Waals surface area contributed by atoms with E-state index in [4.69, 9.17) is 4.74 Å². The van der Waals surface area contributed by atoms with Gasteiger partial charge in [0.2, 0.25) is 10.0 Å². The van der Waals surface area contributed by atoms with Crippen LogP contribution in [0.4, 0.5) is 4.39 Å². The monoisotopic (exact) mass is 439 g/mol. The molecule has 1 aromatic carbocycles. The first-order chi connectivity index (χ1) is 14.3. The van der Waals surface area contributed by atoms with Crippen LogP contribution in [0.15, 0.2) is 29.3 Å². The maximum absolute atomic E-state index is 13.5. The van der Waals surface area contributed by atoms with Crippen LogP contribution < -0.4 is 9.46 Å². The molecule has 9 nitrogen and oxygen atoms in total. The van der Waals surface area contributed by atoms with Crippen molar-refractivity contribution < 1.29 is 22.3 Å². The van der Waals surface area contributed by atoms with E-state index in [0.717, 1.165) is 18.6 Å². The van der Waals surface area contributed by atoms with Crippen LogP contribution in [0.5, 0.6) is 5.75 Å². The number of sulfonamides is 1. The van der Waals surface area contributed by atoms with E-state index in [1.54, 1.807) is 4.90 Å². The lowest BCUT2D eigenvalue weighted by Crippen LogP contribution is -2.43. The Morgan fingerprint density at radius 1 is 1.43 bits per heavy atom. The van der Waals surface area contributed by atoms with Crippen molar-refractivity contribution >= 4 is 15.9 Å². The van der Waals surface area contributed by atoms with Crippen LogP contribution >= 0.6 is 0 Å². The summed E-state index contributed by atoms with van der Waals surface area (Å²) in [6.07, 6.45) is 2.73. The molecule has 0 radical (unpaired) electrons. The van der Waals surface area contributed by atoms with Gasteiger partial charge in [-0.15, -0.1) is 0 Å². The smallest absolute Gasteiger partial charge is 0.276 e. The van der Waals surface area contributed by atoms with Crippen molar-refractivity contribution in [1.29, 1.82) is 0 Å². The maximum Gasteiger partial charge on any atom is 0.276 e. The highest BCUT2D eigenvalue weighted by molar-refractivity contribution is 7.89. The van der Waals surface area contributed by atoms with Crippen LogP contribution in [-0.2, 0) is 10.0 Å². The van der Waals surface area contributed by atoms with Crippen molar-refractivity contribution in [2.45, 2.75) is 37.6 Å². The molecule has 0 aliphatic carbocycles. The Hall–Kier alpha value is -2.53. The van der Waals surface area contributed by atoms with Gasteiger partial charge in [-0.1, -0.05) is 20.3 Å². The Kier molecular flexibility index (Phi) is 6.71. The number of methoxy groups -OCH3 is 1. The van der Waals surface area contributed by atoms with Crippen molar-refractivity contribution in [3.05, 3.63) is 35.9 Å². The number of aromatic nitrogens is 3. The molecular formula is C19H26FN5O4S. The van der Waals surface area contributed by atoms with E-state index in [-0.39, 0.29) is 40.1 Å². The molecule has 164 valence electrons. The first-order valence-electron chi connectivity index (χ1n) is 9.77. The average molecular weight is 440 g/mol. The number of ether oxygens (including phenoxy) is 1. The zero-order chi connectivity index (χ0) is 21.9. The highest BCUT2D eigenvalue weighted by atomic mass is 32.2. The number of benzene rings is 1. The van der Waals surface area contributed by atoms with E-state index in [0.29, 0.717) is 19.5 Å². The van der Waals surface area contributed by atoms with Gasteiger partial charge in [0.25, 0.3) is 5.91 Å². The van der Waals surface area contributed by atoms with Crippen molar-refractivity contribution in [2.75, 3.05) is 20.2 Å². The van der Waals surface area contributed by atoms with Crippen LogP contribution in [0.1, 0.15) is 37.2 Å². The fourth-order valence-electron chi connectivity index (χ4n) is 3.95.